The van der Waals surface area contributed by atoms with Crippen molar-refractivity contribution in [3.63, 3.8) is 0 Å². The summed E-state index contributed by atoms with van der Waals surface area (Å²) in [5.41, 5.74) is -0.557. The van der Waals surface area contributed by atoms with Crippen LogP contribution in [0.25, 0.3) is 0 Å². The van der Waals surface area contributed by atoms with Crippen molar-refractivity contribution in [1.82, 2.24) is 0 Å². The second-order valence-corrected chi connectivity index (χ2v) is 3.99. The molecule has 0 radical (unpaired) electrons. The van der Waals surface area contributed by atoms with Crippen molar-refractivity contribution in [3.05, 3.63) is 0 Å². The van der Waals surface area contributed by atoms with Gasteiger partial charge in [-0.1, -0.05) is 6.92 Å². The molecule has 0 bridgehead atoms. The van der Waals surface area contributed by atoms with Crippen LogP contribution in [0.4, 0.5) is 0 Å². The van der Waals surface area contributed by atoms with Crippen LogP contribution in [0.1, 0.15) is 26.7 Å². The molecule has 4 nitrogen and oxygen atoms in total. The van der Waals surface area contributed by atoms with Gasteiger partial charge in [0.1, 0.15) is 12.4 Å². The van der Waals surface area contributed by atoms with Gasteiger partial charge in [0, 0.05) is 0 Å². The van der Waals surface area contributed by atoms with E-state index in [0.29, 0.717) is 6.42 Å². The molecule has 4 heteroatoms. The lowest BCUT2D eigenvalue weighted by Crippen LogP contribution is -2.34. The smallest absolute Gasteiger partial charge is 0.308 e. The molecule has 0 aromatic heterocycles. The number of rotatable bonds is 3. The third-order valence-electron chi connectivity index (χ3n) is 2.92. The van der Waals surface area contributed by atoms with E-state index >= 15 is 0 Å². The minimum atomic E-state index is -0.557. The van der Waals surface area contributed by atoms with E-state index in [4.69, 9.17) is 4.74 Å². The van der Waals surface area contributed by atoms with E-state index < -0.39 is 5.60 Å². The maximum absolute atomic E-state index is 11.1. The van der Waals surface area contributed by atoms with Crippen molar-refractivity contribution in [2.75, 3.05) is 7.11 Å². The van der Waals surface area contributed by atoms with E-state index in [2.05, 4.69) is 4.74 Å². The summed E-state index contributed by atoms with van der Waals surface area (Å²) < 4.78 is 10.1. The number of hydrogen-bond acceptors (Lipinski definition) is 4. The molecular weight excluding hydrogens is 184 g/mol. The lowest BCUT2D eigenvalue weighted by Gasteiger charge is -2.26. The van der Waals surface area contributed by atoms with Gasteiger partial charge in [0.05, 0.1) is 19.1 Å². The van der Waals surface area contributed by atoms with Gasteiger partial charge in [-0.05, 0) is 19.3 Å². The predicted octanol–water partition coefficient (Wildman–Crippen LogP) is 0.932. The van der Waals surface area contributed by atoms with E-state index in [1.54, 1.807) is 0 Å². The Balaban J connectivity index is 2.64. The molecule has 0 N–H and O–H groups in total. The van der Waals surface area contributed by atoms with Crippen LogP contribution in [0.5, 0.6) is 0 Å². The van der Waals surface area contributed by atoms with Gasteiger partial charge in [-0.25, -0.2) is 0 Å². The second kappa shape index (κ2) is 4.09. The highest BCUT2D eigenvalue weighted by Crippen LogP contribution is 2.37. The van der Waals surface area contributed by atoms with Crippen molar-refractivity contribution in [2.24, 2.45) is 5.92 Å². The van der Waals surface area contributed by atoms with E-state index in [1.807, 2.05) is 13.8 Å². The van der Waals surface area contributed by atoms with Crippen LogP contribution in [-0.4, -0.2) is 31.1 Å². The van der Waals surface area contributed by atoms with E-state index in [-0.39, 0.29) is 24.4 Å². The third-order valence-corrected chi connectivity index (χ3v) is 2.92. The van der Waals surface area contributed by atoms with E-state index in [9.17, 15) is 9.59 Å². The minimum absolute atomic E-state index is 0.191. The summed E-state index contributed by atoms with van der Waals surface area (Å²) in [6.45, 7) is 3.82. The van der Waals surface area contributed by atoms with Gasteiger partial charge in [0.15, 0.2) is 0 Å². The van der Waals surface area contributed by atoms with Crippen molar-refractivity contribution in [2.45, 2.75) is 38.4 Å². The van der Waals surface area contributed by atoms with Crippen molar-refractivity contribution >= 4 is 12.3 Å². The van der Waals surface area contributed by atoms with Crippen molar-refractivity contribution < 1.29 is 19.1 Å². The predicted molar refractivity (Wildman–Crippen MR) is 49.8 cm³/mol. The first-order valence-electron chi connectivity index (χ1n) is 4.71. The summed E-state index contributed by atoms with van der Waals surface area (Å²) in [5, 5.41) is 0. The third kappa shape index (κ3) is 2.12. The number of hydrogen-bond donors (Lipinski definition) is 0. The van der Waals surface area contributed by atoms with Gasteiger partial charge in [-0.15, -0.1) is 0 Å². The van der Waals surface area contributed by atoms with Crippen LogP contribution < -0.4 is 0 Å². The normalized spacial score (nSPS) is 36.8. The molecule has 80 valence electrons. The zero-order chi connectivity index (χ0) is 10.8. The lowest BCUT2D eigenvalue weighted by molar-refractivity contribution is -0.150. The monoisotopic (exact) mass is 200 g/mol. The molecule has 0 saturated carbocycles. The van der Waals surface area contributed by atoms with Crippen LogP contribution in [0, 0.1) is 5.92 Å². The number of methoxy groups -OCH3 is 1. The van der Waals surface area contributed by atoms with Gasteiger partial charge in [0.25, 0.3) is 0 Å². The molecule has 0 spiro atoms. The summed E-state index contributed by atoms with van der Waals surface area (Å²) in [4.78, 5) is 21.7. The molecule has 0 aliphatic carbocycles. The molecule has 1 aliphatic rings. The quantitative estimate of drug-likeness (QED) is 0.502. The first-order chi connectivity index (χ1) is 6.51. The van der Waals surface area contributed by atoms with Gasteiger partial charge in [-0.3, -0.25) is 4.79 Å². The molecule has 14 heavy (non-hydrogen) atoms. The first-order valence-corrected chi connectivity index (χ1v) is 4.71. The molecule has 0 aromatic carbocycles. The van der Waals surface area contributed by atoms with Crippen LogP contribution in [0.15, 0.2) is 0 Å². The molecule has 1 fully saturated rings. The van der Waals surface area contributed by atoms with E-state index in [0.717, 1.165) is 6.29 Å². The molecule has 3 atom stereocenters. The molecule has 0 aromatic rings. The Labute approximate surface area is 83.6 Å². The summed E-state index contributed by atoms with van der Waals surface area (Å²) in [6.07, 6.45) is 1.30. The van der Waals surface area contributed by atoms with Gasteiger partial charge >= 0.3 is 5.97 Å². The lowest BCUT2D eigenvalue weighted by atomic mass is 9.87. The fraction of sp³-hybridized carbons (Fsp3) is 0.800. The Bertz CT molecular complexity index is 238. The Morgan fingerprint density at radius 3 is 2.79 bits per heavy atom. The molecule has 0 amide bonds. The minimum Gasteiger partial charge on any atom is -0.469 e. The zero-order valence-corrected chi connectivity index (χ0v) is 8.78. The van der Waals surface area contributed by atoms with Gasteiger partial charge in [0.2, 0.25) is 0 Å². The molecule has 0 unspecified atom stereocenters. The number of ether oxygens (including phenoxy) is 2. The average Bonchev–Trinajstić information content (AvgIpc) is 2.42. The molecule has 1 aliphatic heterocycles. The molecular formula is C10H16O4. The fourth-order valence-corrected chi connectivity index (χ4v) is 1.77. The van der Waals surface area contributed by atoms with Crippen LogP contribution in [-0.2, 0) is 19.1 Å². The number of esters is 1. The average molecular weight is 200 g/mol. The fourth-order valence-electron chi connectivity index (χ4n) is 1.77. The largest absolute Gasteiger partial charge is 0.469 e. The highest BCUT2D eigenvalue weighted by Gasteiger charge is 2.44. The second-order valence-electron chi connectivity index (χ2n) is 3.99. The summed E-state index contributed by atoms with van der Waals surface area (Å²) in [5.74, 6) is -0.109. The maximum atomic E-state index is 11.1. The van der Waals surface area contributed by atoms with Gasteiger partial charge < -0.3 is 14.3 Å². The summed E-state index contributed by atoms with van der Waals surface area (Å²) in [6, 6.07) is 0. The molecule has 1 saturated heterocycles. The zero-order valence-electron chi connectivity index (χ0n) is 8.78. The number of carbonyl (C=O) groups is 2. The SMILES string of the molecule is COC(=O)C[C@]1(C)O[C@H](C=O)C[C@H]1C. The van der Waals surface area contributed by atoms with Crippen LogP contribution >= 0.6 is 0 Å². The number of aldehydes is 1. The molecule has 1 rings (SSSR count). The van der Waals surface area contributed by atoms with Crippen LogP contribution in [0.3, 0.4) is 0 Å². The topological polar surface area (TPSA) is 52.6 Å². The summed E-state index contributed by atoms with van der Waals surface area (Å²) >= 11 is 0. The summed E-state index contributed by atoms with van der Waals surface area (Å²) in [7, 11) is 1.35. The van der Waals surface area contributed by atoms with Crippen molar-refractivity contribution in [1.29, 1.82) is 0 Å². The van der Waals surface area contributed by atoms with E-state index in [1.165, 1.54) is 7.11 Å². The number of carbonyl (C=O) groups excluding carboxylic acids is 2. The highest BCUT2D eigenvalue weighted by molar-refractivity contribution is 5.70. The Kier molecular flexibility index (Phi) is 3.26. The van der Waals surface area contributed by atoms with Gasteiger partial charge in [-0.2, -0.15) is 0 Å². The molecule has 1 heterocycles. The highest BCUT2D eigenvalue weighted by atomic mass is 16.5. The Hall–Kier alpha value is -0.900. The Morgan fingerprint density at radius 1 is 1.71 bits per heavy atom. The Morgan fingerprint density at radius 2 is 2.36 bits per heavy atom. The standard InChI is InChI=1S/C10H16O4/c1-7-4-8(6-11)14-10(7,2)5-9(12)13-3/h6-8H,4-5H2,1-3H3/t7-,8+,10+/m1/s1. The maximum Gasteiger partial charge on any atom is 0.308 e. The van der Waals surface area contributed by atoms with Crippen molar-refractivity contribution in [3.8, 4) is 0 Å². The van der Waals surface area contributed by atoms with Crippen LogP contribution in [0.2, 0.25) is 0 Å². The first kappa shape index (κ1) is 11.2.